The lowest BCUT2D eigenvalue weighted by atomic mass is 10.1. The van der Waals surface area contributed by atoms with Crippen molar-refractivity contribution in [2.75, 3.05) is 26.7 Å². The van der Waals surface area contributed by atoms with Gasteiger partial charge in [0.1, 0.15) is 0 Å². The van der Waals surface area contributed by atoms with E-state index in [0.717, 1.165) is 23.5 Å². The normalized spacial score (nSPS) is 10.6. The zero-order chi connectivity index (χ0) is 12.1. The van der Waals surface area contributed by atoms with E-state index < -0.39 is 0 Å². The van der Waals surface area contributed by atoms with Crippen molar-refractivity contribution >= 4 is 15.9 Å². The van der Waals surface area contributed by atoms with Crippen molar-refractivity contribution in [1.29, 1.82) is 0 Å². The van der Waals surface area contributed by atoms with Crippen LogP contribution >= 0.6 is 15.9 Å². The first kappa shape index (κ1) is 13.3. The lowest BCUT2D eigenvalue weighted by Gasteiger charge is -2.17. The minimum atomic E-state index is 0.783. The lowest BCUT2D eigenvalue weighted by molar-refractivity contribution is 0.351. The minimum Gasteiger partial charge on any atom is -0.493 e. The molecule has 0 amide bonds. The van der Waals surface area contributed by atoms with Gasteiger partial charge >= 0.3 is 0 Å². The molecule has 0 aliphatic heterocycles. The standard InChI is InChI=1S/C12H18BrNO2/c1-9-5-11(15-3)12(16-4)6-10(9)7-14(2)8-13/h5-6H,7-8H2,1-4H3. The fourth-order valence-corrected chi connectivity index (χ4v) is 1.70. The molecule has 0 fully saturated rings. The van der Waals surface area contributed by atoms with Crippen molar-refractivity contribution in [3.05, 3.63) is 23.3 Å². The van der Waals surface area contributed by atoms with Gasteiger partial charge in [-0.3, -0.25) is 4.90 Å². The molecule has 1 aromatic carbocycles. The van der Waals surface area contributed by atoms with Crippen LogP contribution in [-0.2, 0) is 6.54 Å². The molecule has 0 N–H and O–H groups in total. The van der Waals surface area contributed by atoms with Gasteiger partial charge in [0.25, 0.3) is 0 Å². The first-order valence-corrected chi connectivity index (χ1v) is 6.20. The number of aryl methyl sites for hydroxylation is 1. The number of hydrogen-bond donors (Lipinski definition) is 0. The molecule has 0 saturated carbocycles. The van der Waals surface area contributed by atoms with Gasteiger partial charge in [-0.05, 0) is 37.2 Å². The molecule has 0 unspecified atom stereocenters. The van der Waals surface area contributed by atoms with Gasteiger partial charge in [0.05, 0.1) is 19.7 Å². The Morgan fingerprint density at radius 2 is 1.75 bits per heavy atom. The number of nitrogens with zero attached hydrogens (tertiary/aromatic N) is 1. The second-order valence-corrected chi connectivity index (χ2v) is 4.27. The molecule has 3 nitrogen and oxygen atoms in total. The Hall–Kier alpha value is -0.740. The summed E-state index contributed by atoms with van der Waals surface area (Å²) in [5.41, 5.74) is 3.31. The van der Waals surface area contributed by atoms with E-state index in [1.54, 1.807) is 14.2 Å². The molecular formula is C12H18BrNO2. The molecule has 0 heterocycles. The van der Waals surface area contributed by atoms with Gasteiger partial charge in [-0.2, -0.15) is 0 Å². The molecule has 0 saturated heterocycles. The van der Waals surface area contributed by atoms with Crippen molar-refractivity contribution in [2.45, 2.75) is 13.5 Å². The lowest BCUT2D eigenvalue weighted by Crippen LogP contribution is -2.16. The Labute approximate surface area is 105 Å². The average molecular weight is 288 g/mol. The predicted octanol–water partition coefficient (Wildman–Crippen LogP) is 2.80. The highest BCUT2D eigenvalue weighted by atomic mass is 79.9. The summed E-state index contributed by atoms with van der Waals surface area (Å²) in [4.78, 5) is 2.17. The molecule has 0 spiro atoms. The Balaban J connectivity index is 3.01. The second-order valence-electron chi connectivity index (χ2n) is 3.77. The minimum absolute atomic E-state index is 0.783. The number of alkyl halides is 1. The summed E-state index contributed by atoms with van der Waals surface area (Å²) in [6, 6.07) is 4.05. The van der Waals surface area contributed by atoms with Crippen LogP contribution in [0.15, 0.2) is 12.1 Å². The van der Waals surface area contributed by atoms with E-state index in [-0.39, 0.29) is 0 Å². The third kappa shape index (κ3) is 3.12. The van der Waals surface area contributed by atoms with Crippen LogP contribution in [0.25, 0.3) is 0 Å². The molecule has 90 valence electrons. The molecule has 0 bridgehead atoms. The van der Waals surface area contributed by atoms with Crippen LogP contribution in [0.2, 0.25) is 0 Å². The molecule has 0 aliphatic carbocycles. The number of ether oxygens (including phenoxy) is 2. The molecule has 0 atom stereocenters. The highest BCUT2D eigenvalue weighted by Crippen LogP contribution is 2.30. The fraction of sp³-hybridized carbons (Fsp3) is 0.500. The maximum absolute atomic E-state index is 5.29. The van der Waals surface area contributed by atoms with Gasteiger partial charge in [0.15, 0.2) is 11.5 Å². The third-order valence-corrected chi connectivity index (χ3v) is 3.34. The van der Waals surface area contributed by atoms with Gasteiger partial charge in [-0.1, -0.05) is 15.9 Å². The number of methoxy groups -OCH3 is 2. The summed E-state index contributed by atoms with van der Waals surface area (Å²) in [5.74, 6) is 1.57. The summed E-state index contributed by atoms with van der Waals surface area (Å²) >= 11 is 3.43. The average Bonchev–Trinajstić information content (AvgIpc) is 2.30. The predicted molar refractivity (Wildman–Crippen MR) is 69.5 cm³/mol. The maximum atomic E-state index is 5.29. The first-order chi connectivity index (χ1) is 7.62. The van der Waals surface area contributed by atoms with Gasteiger partial charge in [-0.15, -0.1) is 0 Å². The summed E-state index contributed by atoms with van der Waals surface area (Å²) in [7, 11) is 5.37. The molecule has 4 heteroatoms. The van der Waals surface area contributed by atoms with Crippen molar-refractivity contribution in [3.8, 4) is 11.5 Å². The maximum Gasteiger partial charge on any atom is 0.161 e. The van der Waals surface area contributed by atoms with Crippen molar-refractivity contribution in [1.82, 2.24) is 4.90 Å². The fourth-order valence-electron chi connectivity index (χ4n) is 1.53. The monoisotopic (exact) mass is 287 g/mol. The molecule has 1 aromatic rings. The third-order valence-electron chi connectivity index (χ3n) is 2.49. The summed E-state index contributed by atoms with van der Waals surface area (Å²) in [5, 5.41) is 0. The van der Waals surface area contributed by atoms with Crippen LogP contribution in [0.3, 0.4) is 0 Å². The van der Waals surface area contributed by atoms with Gasteiger partial charge in [0, 0.05) is 6.54 Å². The topological polar surface area (TPSA) is 21.7 Å². The van der Waals surface area contributed by atoms with Gasteiger partial charge in [-0.25, -0.2) is 0 Å². The van der Waals surface area contributed by atoms with Crippen molar-refractivity contribution < 1.29 is 9.47 Å². The molecule has 16 heavy (non-hydrogen) atoms. The quantitative estimate of drug-likeness (QED) is 0.614. The summed E-state index contributed by atoms with van der Waals surface area (Å²) < 4.78 is 10.5. The Bertz CT molecular complexity index is 355. The highest BCUT2D eigenvalue weighted by Gasteiger charge is 2.09. The Morgan fingerprint density at radius 3 is 2.25 bits per heavy atom. The van der Waals surface area contributed by atoms with E-state index >= 15 is 0 Å². The zero-order valence-corrected chi connectivity index (χ0v) is 11.8. The molecule has 0 aliphatic rings. The Morgan fingerprint density at radius 1 is 1.19 bits per heavy atom. The number of hydrogen-bond acceptors (Lipinski definition) is 3. The zero-order valence-electron chi connectivity index (χ0n) is 10.2. The van der Waals surface area contributed by atoms with Crippen LogP contribution in [0.1, 0.15) is 11.1 Å². The summed E-state index contributed by atoms with van der Waals surface area (Å²) in [6.07, 6.45) is 0. The van der Waals surface area contributed by atoms with Gasteiger partial charge in [0.2, 0.25) is 0 Å². The Kier molecular flexibility index (Phi) is 5.09. The first-order valence-electron chi connectivity index (χ1n) is 5.08. The van der Waals surface area contributed by atoms with E-state index in [9.17, 15) is 0 Å². The van der Waals surface area contributed by atoms with E-state index in [1.165, 1.54) is 11.1 Å². The van der Waals surface area contributed by atoms with E-state index in [4.69, 9.17) is 9.47 Å². The number of benzene rings is 1. The van der Waals surface area contributed by atoms with Crippen molar-refractivity contribution in [3.63, 3.8) is 0 Å². The number of rotatable bonds is 5. The number of halogens is 1. The van der Waals surface area contributed by atoms with E-state index in [2.05, 4.69) is 34.8 Å². The highest BCUT2D eigenvalue weighted by molar-refractivity contribution is 9.09. The van der Waals surface area contributed by atoms with Crippen LogP contribution in [0.4, 0.5) is 0 Å². The van der Waals surface area contributed by atoms with Gasteiger partial charge < -0.3 is 9.47 Å². The van der Waals surface area contributed by atoms with E-state index in [1.807, 2.05) is 12.1 Å². The SMILES string of the molecule is COc1cc(C)c(CN(C)CBr)cc1OC. The summed E-state index contributed by atoms with van der Waals surface area (Å²) in [6.45, 7) is 2.97. The van der Waals surface area contributed by atoms with Crippen LogP contribution in [-0.4, -0.2) is 31.6 Å². The molecule has 0 aromatic heterocycles. The van der Waals surface area contributed by atoms with Crippen molar-refractivity contribution in [2.24, 2.45) is 0 Å². The second kappa shape index (κ2) is 6.11. The largest absolute Gasteiger partial charge is 0.493 e. The molecule has 1 rings (SSSR count). The molecule has 0 radical (unpaired) electrons. The van der Waals surface area contributed by atoms with E-state index in [0.29, 0.717) is 0 Å². The van der Waals surface area contributed by atoms with Crippen LogP contribution < -0.4 is 9.47 Å². The molecular weight excluding hydrogens is 270 g/mol. The smallest absolute Gasteiger partial charge is 0.161 e. The van der Waals surface area contributed by atoms with Crippen LogP contribution in [0, 0.1) is 6.92 Å². The van der Waals surface area contributed by atoms with Crippen LogP contribution in [0.5, 0.6) is 11.5 Å².